The molecule has 2 rings (SSSR count). The van der Waals surface area contributed by atoms with Crippen molar-refractivity contribution in [3.05, 3.63) is 26.7 Å². The zero-order chi connectivity index (χ0) is 18.0. The van der Waals surface area contributed by atoms with Gasteiger partial charge in [-0.25, -0.2) is 14.8 Å². The Hall–Kier alpha value is -1.63. The first-order valence-electron chi connectivity index (χ1n) is 8.49. The van der Waals surface area contributed by atoms with E-state index in [-0.39, 0.29) is 17.2 Å². The van der Waals surface area contributed by atoms with Crippen molar-refractivity contribution in [2.45, 2.75) is 70.2 Å². The zero-order valence-electron chi connectivity index (χ0n) is 15.3. The lowest BCUT2D eigenvalue weighted by molar-refractivity contribution is 0.603. The highest BCUT2D eigenvalue weighted by molar-refractivity contribution is 8.00. The Morgan fingerprint density at radius 2 is 1.79 bits per heavy atom. The van der Waals surface area contributed by atoms with Crippen molar-refractivity contribution >= 4 is 22.8 Å². The van der Waals surface area contributed by atoms with E-state index in [1.165, 1.54) is 7.05 Å². The van der Waals surface area contributed by atoms with E-state index < -0.39 is 0 Å². The minimum absolute atomic E-state index is 0.125. The van der Waals surface area contributed by atoms with Crippen LogP contribution in [-0.4, -0.2) is 24.4 Å². The van der Waals surface area contributed by atoms with E-state index in [1.54, 1.807) is 16.3 Å². The van der Waals surface area contributed by atoms with Crippen molar-refractivity contribution in [2.75, 3.05) is 0 Å². The van der Waals surface area contributed by atoms with Crippen LogP contribution in [0.2, 0.25) is 0 Å². The maximum Gasteiger partial charge on any atom is 0.332 e. The van der Waals surface area contributed by atoms with Gasteiger partial charge < -0.3 is 0 Å². The molecule has 0 aliphatic rings. The van der Waals surface area contributed by atoms with E-state index >= 15 is 0 Å². The summed E-state index contributed by atoms with van der Waals surface area (Å²) in [4.78, 5) is 34.5. The highest BCUT2D eigenvalue weighted by atomic mass is 32.2. The number of thioether (sulfide) groups is 1. The molecule has 0 saturated heterocycles. The number of rotatable bonds is 6. The number of fused-ring (bicyclic) bond motifs is 1. The summed E-state index contributed by atoms with van der Waals surface area (Å²) in [5.41, 5.74) is -0.167. The molecule has 0 aliphatic carbocycles. The number of hydrogen-bond donors (Lipinski definition) is 0. The molecule has 24 heavy (non-hydrogen) atoms. The van der Waals surface area contributed by atoms with E-state index in [9.17, 15) is 9.59 Å². The molecule has 132 valence electrons. The van der Waals surface area contributed by atoms with Crippen LogP contribution in [0.4, 0.5) is 0 Å². The van der Waals surface area contributed by atoms with Crippen molar-refractivity contribution in [1.82, 2.24) is 19.1 Å². The van der Waals surface area contributed by atoms with E-state index in [1.807, 2.05) is 20.8 Å². The molecule has 0 fully saturated rings. The molecular formula is C17H26N4O2S. The monoisotopic (exact) mass is 350 g/mol. The van der Waals surface area contributed by atoms with Gasteiger partial charge in [0, 0.05) is 24.8 Å². The first kappa shape index (κ1) is 18.7. The van der Waals surface area contributed by atoms with Gasteiger partial charge in [-0.15, -0.1) is 11.8 Å². The van der Waals surface area contributed by atoms with Crippen LogP contribution in [-0.2, 0) is 13.6 Å². The molecule has 0 N–H and O–H groups in total. The Balaban J connectivity index is 2.93. The predicted molar refractivity (Wildman–Crippen MR) is 99.0 cm³/mol. The zero-order valence-corrected chi connectivity index (χ0v) is 16.1. The topological polar surface area (TPSA) is 69.8 Å². The van der Waals surface area contributed by atoms with E-state index in [0.717, 1.165) is 17.4 Å². The van der Waals surface area contributed by atoms with Crippen LogP contribution in [0.5, 0.6) is 0 Å². The second-order valence-electron chi connectivity index (χ2n) is 6.38. The average Bonchev–Trinajstić information content (AvgIpc) is 2.55. The fourth-order valence-electron chi connectivity index (χ4n) is 2.40. The van der Waals surface area contributed by atoms with Crippen LogP contribution in [0, 0.1) is 0 Å². The summed E-state index contributed by atoms with van der Waals surface area (Å²) < 4.78 is 2.77. The number of hydrogen-bond acceptors (Lipinski definition) is 5. The van der Waals surface area contributed by atoms with Gasteiger partial charge in [0.2, 0.25) is 0 Å². The molecule has 2 aromatic rings. The van der Waals surface area contributed by atoms with Gasteiger partial charge in [0.25, 0.3) is 5.56 Å². The minimum Gasteiger partial charge on any atom is -0.277 e. The van der Waals surface area contributed by atoms with Crippen LogP contribution < -0.4 is 11.2 Å². The van der Waals surface area contributed by atoms with Crippen LogP contribution >= 0.6 is 11.8 Å². The van der Waals surface area contributed by atoms with E-state index in [2.05, 4.69) is 23.8 Å². The molecule has 1 atom stereocenters. The predicted octanol–water partition coefficient (Wildman–Crippen LogP) is 2.91. The van der Waals surface area contributed by atoms with Gasteiger partial charge in [0.1, 0.15) is 16.2 Å². The molecule has 1 unspecified atom stereocenters. The summed E-state index contributed by atoms with van der Waals surface area (Å²) in [5.74, 6) is 0.797. The fourth-order valence-corrected chi connectivity index (χ4v) is 3.39. The molecule has 6 nitrogen and oxygen atoms in total. The van der Waals surface area contributed by atoms with Crippen molar-refractivity contribution in [3.8, 4) is 0 Å². The van der Waals surface area contributed by atoms with Crippen molar-refractivity contribution in [2.24, 2.45) is 7.05 Å². The van der Waals surface area contributed by atoms with Crippen LogP contribution in [0.1, 0.15) is 59.2 Å². The lowest BCUT2D eigenvalue weighted by Crippen LogP contribution is -2.39. The van der Waals surface area contributed by atoms with Gasteiger partial charge in [0.05, 0.1) is 0 Å². The maximum absolute atomic E-state index is 12.7. The summed E-state index contributed by atoms with van der Waals surface area (Å²) in [5, 5.41) is 1.48. The summed E-state index contributed by atoms with van der Waals surface area (Å²) >= 11 is 1.58. The number of nitrogens with zero attached hydrogens (tertiary/aromatic N) is 4. The SMILES string of the molecule is CCCn1c(=O)n(C)c(=O)c2c(SC(C)CC)nc(C(C)C)nc21. The smallest absolute Gasteiger partial charge is 0.277 e. The molecule has 0 aromatic carbocycles. The summed E-state index contributed by atoms with van der Waals surface area (Å²) in [6, 6.07) is 0. The average molecular weight is 350 g/mol. The molecule has 7 heteroatoms. The highest BCUT2D eigenvalue weighted by Gasteiger charge is 2.20. The van der Waals surface area contributed by atoms with Gasteiger partial charge >= 0.3 is 5.69 Å². The summed E-state index contributed by atoms with van der Waals surface area (Å²) in [7, 11) is 1.52. The fraction of sp³-hybridized carbons (Fsp3) is 0.647. The first-order valence-corrected chi connectivity index (χ1v) is 9.37. The molecule has 2 aromatic heterocycles. The second kappa shape index (κ2) is 7.51. The van der Waals surface area contributed by atoms with Gasteiger partial charge in [-0.05, 0) is 12.8 Å². The first-order chi connectivity index (χ1) is 11.3. The van der Waals surface area contributed by atoms with E-state index in [0.29, 0.717) is 33.7 Å². The number of aromatic nitrogens is 4. The Morgan fingerprint density at radius 3 is 2.33 bits per heavy atom. The second-order valence-corrected chi connectivity index (χ2v) is 7.80. The third-order valence-electron chi connectivity index (χ3n) is 4.02. The van der Waals surface area contributed by atoms with Gasteiger partial charge in [-0.3, -0.25) is 13.9 Å². The van der Waals surface area contributed by atoms with Crippen LogP contribution in [0.25, 0.3) is 11.0 Å². The van der Waals surface area contributed by atoms with Crippen molar-refractivity contribution < 1.29 is 0 Å². The maximum atomic E-state index is 12.7. The Bertz CT molecular complexity index is 854. The van der Waals surface area contributed by atoms with Crippen LogP contribution in [0.3, 0.4) is 0 Å². The van der Waals surface area contributed by atoms with Gasteiger partial charge in [0.15, 0.2) is 5.65 Å². The van der Waals surface area contributed by atoms with Crippen molar-refractivity contribution in [3.63, 3.8) is 0 Å². The lowest BCUT2D eigenvalue weighted by atomic mass is 10.2. The Morgan fingerprint density at radius 1 is 1.12 bits per heavy atom. The van der Waals surface area contributed by atoms with Crippen molar-refractivity contribution in [1.29, 1.82) is 0 Å². The van der Waals surface area contributed by atoms with Crippen LogP contribution in [0.15, 0.2) is 14.6 Å². The van der Waals surface area contributed by atoms with Gasteiger partial charge in [-0.1, -0.05) is 34.6 Å². The highest BCUT2D eigenvalue weighted by Crippen LogP contribution is 2.29. The molecular weight excluding hydrogens is 324 g/mol. The molecule has 0 saturated carbocycles. The molecule has 0 radical (unpaired) electrons. The molecule has 2 heterocycles. The molecule has 0 spiro atoms. The van der Waals surface area contributed by atoms with E-state index in [4.69, 9.17) is 0 Å². The lowest BCUT2D eigenvalue weighted by Gasteiger charge is -2.16. The number of aryl methyl sites for hydroxylation is 1. The molecule has 0 aliphatic heterocycles. The third kappa shape index (κ3) is 3.41. The summed E-state index contributed by atoms with van der Waals surface area (Å²) in [6.45, 7) is 10.8. The van der Waals surface area contributed by atoms with Gasteiger partial charge in [-0.2, -0.15) is 0 Å². The normalized spacial score (nSPS) is 13.0. The largest absolute Gasteiger partial charge is 0.332 e. The standard InChI is InChI=1S/C17H26N4O2S/c1-7-9-21-14-12(16(22)20(6)17(21)23)15(24-11(5)8-2)19-13(18-14)10(3)4/h10-11H,7-9H2,1-6H3. The Kier molecular flexibility index (Phi) is 5.85. The molecule has 0 amide bonds. The third-order valence-corrected chi connectivity index (χ3v) is 5.27. The summed E-state index contributed by atoms with van der Waals surface area (Å²) in [6.07, 6.45) is 1.77. The Labute approximate surface area is 146 Å². The molecule has 0 bridgehead atoms. The quantitative estimate of drug-likeness (QED) is 0.592. The minimum atomic E-state index is -0.317.